The van der Waals surface area contributed by atoms with E-state index in [1.165, 1.54) is 32.1 Å². The normalized spacial score (nSPS) is 16.8. The van der Waals surface area contributed by atoms with Crippen LogP contribution in [0.3, 0.4) is 0 Å². The topological polar surface area (TPSA) is 83.4 Å². The predicted molar refractivity (Wildman–Crippen MR) is 91.0 cm³/mol. The molecule has 1 aliphatic rings. The zero-order chi connectivity index (χ0) is 16.9. The van der Waals surface area contributed by atoms with Gasteiger partial charge in [-0.25, -0.2) is 0 Å². The Balaban J connectivity index is 1.72. The van der Waals surface area contributed by atoms with E-state index in [-0.39, 0.29) is 6.04 Å². The first-order valence-corrected chi connectivity index (χ1v) is 8.53. The maximum atomic E-state index is 6.28. The van der Waals surface area contributed by atoms with E-state index >= 15 is 0 Å². The molecule has 3 rings (SSSR count). The van der Waals surface area contributed by atoms with Gasteiger partial charge in [-0.15, -0.1) is 0 Å². The second-order valence-corrected chi connectivity index (χ2v) is 6.37. The van der Waals surface area contributed by atoms with E-state index in [9.17, 15) is 0 Å². The number of nitrogens with two attached hydrogens (primary N) is 1. The summed E-state index contributed by atoms with van der Waals surface area (Å²) < 4.78 is 16.0. The summed E-state index contributed by atoms with van der Waals surface area (Å²) >= 11 is 0. The van der Waals surface area contributed by atoms with Crippen LogP contribution in [-0.2, 0) is 0 Å². The molecule has 1 aromatic heterocycles. The Kier molecular flexibility index (Phi) is 5.35. The molecule has 1 aromatic carbocycles. The summed E-state index contributed by atoms with van der Waals surface area (Å²) in [5, 5.41) is 4.07. The number of methoxy groups -OCH3 is 2. The lowest BCUT2D eigenvalue weighted by atomic mass is 9.85. The fraction of sp³-hybridized carbons (Fsp3) is 0.556. The van der Waals surface area contributed by atoms with Crippen molar-refractivity contribution in [2.24, 2.45) is 11.7 Å². The third kappa shape index (κ3) is 3.70. The van der Waals surface area contributed by atoms with Gasteiger partial charge in [0.25, 0.3) is 0 Å². The molecule has 1 atom stereocenters. The summed E-state index contributed by atoms with van der Waals surface area (Å²) in [4.78, 5) is 4.48. The van der Waals surface area contributed by atoms with Crippen molar-refractivity contribution >= 4 is 0 Å². The van der Waals surface area contributed by atoms with Crippen molar-refractivity contribution in [2.75, 3.05) is 14.2 Å². The van der Waals surface area contributed by atoms with Gasteiger partial charge in [0, 0.05) is 5.56 Å². The van der Waals surface area contributed by atoms with Crippen LogP contribution in [0.1, 0.15) is 50.5 Å². The summed E-state index contributed by atoms with van der Waals surface area (Å²) in [5.41, 5.74) is 7.09. The molecule has 2 N–H and O–H groups in total. The molecule has 1 aliphatic carbocycles. The van der Waals surface area contributed by atoms with Crippen LogP contribution in [0.5, 0.6) is 11.5 Å². The number of ether oxygens (including phenoxy) is 2. The Morgan fingerprint density at radius 1 is 1.17 bits per heavy atom. The Morgan fingerprint density at radius 2 is 1.92 bits per heavy atom. The number of hydrogen-bond donors (Lipinski definition) is 1. The zero-order valence-electron chi connectivity index (χ0n) is 14.3. The van der Waals surface area contributed by atoms with Gasteiger partial charge >= 0.3 is 0 Å². The molecule has 6 heteroatoms. The van der Waals surface area contributed by atoms with Crippen LogP contribution < -0.4 is 15.2 Å². The van der Waals surface area contributed by atoms with Crippen molar-refractivity contribution < 1.29 is 14.0 Å². The van der Waals surface area contributed by atoms with Gasteiger partial charge in [0.2, 0.25) is 11.7 Å². The summed E-state index contributed by atoms with van der Waals surface area (Å²) in [6, 6.07) is 5.34. The minimum atomic E-state index is -0.200. The summed E-state index contributed by atoms with van der Waals surface area (Å²) in [6.45, 7) is 0. The molecule has 1 heterocycles. The van der Waals surface area contributed by atoms with Crippen LogP contribution in [0.15, 0.2) is 22.7 Å². The lowest BCUT2D eigenvalue weighted by molar-refractivity contribution is 0.284. The van der Waals surface area contributed by atoms with Crippen LogP contribution in [0.25, 0.3) is 11.4 Å². The van der Waals surface area contributed by atoms with Gasteiger partial charge in [-0.2, -0.15) is 4.98 Å². The molecule has 6 nitrogen and oxygen atoms in total. The van der Waals surface area contributed by atoms with E-state index in [1.807, 2.05) is 18.2 Å². The van der Waals surface area contributed by atoms with Crippen molar-refractivity contribution in [1.82, 2.24) is 10.1 Å². The third-order valence-corrected chi connectivity index (χ3v) is 4.71. The number of hydrogen-bond acceptors (Lipinski definition) is 6. The second-order valence-electron chi connectivity index (χ2n) is 6.37. The Hall–Kier alpha value is -2.08. The van der Waals surface area contributed by atoms with Gasteiger partial charge in [0.1, 0.15) is 0 Å². The van der Waals surface area contributed by atoms with Gasteiger partial charge < -0.3 is 19.7 Å². The van der Waals surface area contributed by atoms with Crippen molar-refractivity contribution in [1.29, 1.82) is 0 Å². The highest BCUT2D eigenvalue weighted by molar-refractivity contribution is 5.60. The highest BCUT2D eigenvalue weighted by atomic mass is 16.5. The highest BCUT2D eigenvalue weighted by Gasteiger charge is 2.22. The number of rotatable bonds is 6. The fourth-order valence-electron chi connectivity index (χ4n) is 3.36. The molecule has 0 bridgehead atoms. The Morgan fingerprint density at radius 3 is 2.62 bits per heavy atom. The molecule has 1 unspecified atom stereocenters. The van der Waals surface area contributed by atoms with E-state index in [0.29, 0.717) is 29.1 Å². The molecule has 0 amide bonds. The van der Waals surface area contributed by atoms with Gasteiger partial charge in [-0.05, 0) is 30.5 Å². The summed E-state index contributed by atoms with van der Waals surface area (Å²) in [6.07, 6.45) is 7.37. The quantitative estimate of drug-likeness (QED) is 0.868. The smallest absolute Gasteiger partial charge is 0.243 e. The maximum absolute atomic E-state index is 6.28. The molecule has 130 valence electrons. The molecule has 1 fully saturated rings. The second kappa shape index (κ2) is 7.66. The van der Waals surface area contributed by atoms with E-state index in [4.69, 9.17) is 19.7 Å². The number of nitrogens with zero attached hydrogens (tertiary/aromatic N) is 2. The molecule has 0 spiro atoms. The first-order chi connectivity index (χ1) is 11.7. The highest BCUT2D eigenvalue weighted by Crippen LogP contribution is 2.33. The van der Waals surface area contributed by atoms with Crippen LogP contribution in [0.2, 0.25) is 0 Å². The zero-order valence-corrected chi connectivity index (χ0v) is 14.3. The standard InChI is InChI=1S/C18H25N3O3/c1-22-15-9-8-13(11-16(15)23-2)17-20-18(24-21-17)14(19)10-12-6-4-3-5-7-12/h8-9,11-12,14H,3-7,10,19H2,1-2H3. The molecule has 24 heavy (non-hydrogen) atoms. The van der Waals surface area contributed by atoms with Gasteiger partial charge in [-0.3, -0.25) is 0 Å². The SMILES string of the molecule is COc1ccc(-c2noc(C(N)CC3CCCCC3)n2)cc1OC. The predicted octanol–water partition coefficient (Wildman–Crippen LogP) is 3.72. The van der Waals surface area contributed by atoms with Crippen molar-refractivity contribution in [2.45, 2.75) is 44.6 Å². The van der Waals surface area contributed by atoms with E-state index in [2.05, 4.69) is 10.1 Å². The van der Waals surface area contributed by atoms with Gasteiger partial charge in [-0.1, -0.05) is 37.3 Å². The minimum absolute atomic E-state index is 0.200. The van der Waals surface area contributed by atoms with Gasteiger partial charge in [0.15, 0.2) is 11.5 Å². The number of aromatic nitrogens is 2. The number of benzene rings is 1. The first kappa shape index (κ1) is 16.8. The minimum Gasteiger partial charge on any atom is -0.493 e. The van der Waals surface area contributed by atoms with Gasteiger partial charge in [0.05, 0.1) is 20.3 Å². The van der Waals surface area contributed by atoms with Crippen LogP contribution in [0.4, 0.5) is 0 Å². The first-order valence-electron chi connectivity index (χ1n) is 8.53. The average molecular weight is 331 g/mol. The lowest BCUT2D eigenvalue weighted by Gasteiger charge is -2.22. The maximum Gasteiger partial charge on any atom is 0.243 e. The summed E-state index contributed by atoms with van der Waals surface area (Å²) in [5.74, 6) is 2.99. The largest absolute Gasteiger partial charge is 0.493 e. The monoisotopic (exact) mass is 331 g/mol. The fourth-order valence-corrected chi connectivity index (χ4v) is 3.36. The average Bonchev–Trinajstić information content (AvgIpc) is 3.12. The third-order valence-electron chi connectivity index (χ3n) is 4.71. The molecule has 2 aromatic rings. The van der Waals surface area contributed by atoms with Crippen LogP contribution >= 0.6 is 0 Å². The van der Waals surface area contributed by atoms with Crippen molar-refractivity contribution in [3.8, 4) is 22.9 Å². The van der Waals surface area contributed by atoms with E-state index < -0.39 is 0 Å². The molecule has 0 saturated heterocycles. The molecule has 1 saturated carbocycles. The Labute approximate surface area is 142 Å². The van der Waals surface area contributed by atoms with Crippen LogP contribution in [0, 0.1) is 5.92 Å². The molecule has 0 aliphatic heterocycles. The van der Waals surface area contributed by atoms with Crippen molar-refractivity contribution in [3.63, 3.8) is 0 Å². The van der Waals surface area contributed by atoms with E-state index in [0.717, 1.165) is 12.0 Å². The molecular formula is C18H25N3O3. The summed E-state index contributed by atoms with van der Waals surface area (Å²) in [7, 11) is 3.21. The van der Waals surface area contributed by atoms with Crippen LogP contribution in [-0.4, -0.2) is 24.4 Å². The molecular weight excluding hydrogens is 306 g/mol. The molecule has 0 radical (unpaired) electrons. The van der Waals surface area contributed by atoms with Crippen molar-refractivity contribution in [3.05, 3.63) is 24.1 Å². The van der Waals surface area contributed by atoms with E-state index in [1.54, 1.807) is 14.2 Å². The Bertz CT molecular complexity index is 665. The lowest BCUT2D eigenvalue weighted by Crippen LogP contribution is -2.17.